The van der Waals surface area contributed by atoms with E-state index in [0.717, 1.165) is 0 Å². The summed E-state index contributed by atoms with van der Waals surface area (Å²) in [5, 5.41) is 19.9. The molecule has 210 valence electrons. The maximum Gasteiger partial charge on any atom is 0.330 e. The van der Waals surface area contributed by atoms with E-state index in [1.165, 1.54) is 10.8 Å². The number of nitrogens with zero attached hydrogens (tertiary/aromatic N) is 3. The van der Waals surface area contributed by atoms with E-state index >= 15 is 0 Å². The maximum absolute atomic E-state index is 12.7. The molecule has 2 rings (SSSR count). The van der Waals surface area contributed by atoms with Crippen molar-refractivity contribution in [1.29, 1.82) is 5.26 Å². The molecule has 12 heteroatoms. The Morgan fingerprint density at radius 1 is 1.30 bits per heavy atom. The molecule has 1 aromatic rings. The van der Waals surface area contributed by atoms with Gasteiger partial charge in [-0.15, -0.1) is 0 Å². The summed E-state index contributed by atoms with van der Waals surface area (Å²) in [6.07, 6.45) is 0.458. The van der Waals surface area contributed by atoms with E-state index in [9.17, 15) is 14.7 Å². The third-order valence-corrected chi connectivity index (χ3v) is 16.3. The highest BCUT2D eigenvalue weighted by Gasteiger charge is 2.61. The van der Waals surface area contributed by atoms with Gasteiger partial charge in [0.2, 0.25) is 0 Å². The molecule has 0 radical (unpaired) electrons. The van der Waals surface area contributed by atoms with Gasteiger partial charge in [0.05, 0.1) is 39.0 Å². The molecule has 0 bridgehead atoms. The predicted molar refractivity (Wildman–Crippen MR) is 148 cm³/mol. The third kappa shape index (κ3) is 6.80. The second kappa shape index (κ2) is 12.2. The number of aromatic amines is 1. The predicted octanol–water partition coefficient (Wildman–Crippen LogP) is 4.20. The summed E-state index contributed by atoms with van der Waals surface area (Å²) in [6, 6.07) is 2.36. The Bertz CT molecular complexity index is 1070. The molecule has 1 fully saturated rings. The van der Waals surface area contributed by atoms with Crippen molar-refractivity contribution in [3.05, 3.63) is 32.6 Å². The Labute approximate surface area is 222 Å². The first-order valence-electron chi connectivity index (χ1n) is 12.9. The van der Waals surface area contributed by atoms with Crippen molar-refractivity contribution in [1.82, 2.24) is 14.2 Å². The largest absolute Gasteiger partial charge is 0.390 e. The fraction of sp³-hybridized carbons (Fsp3) is 0.800. The molecule has 1 unspecified atom stereocenters. The zero-order chi connectivity index (χ0) is 28.3. The number of rotatable bonds is 11. The zero-order valence-corrected chi connectivity index (χ0v) is 25.9. The number of nitrogens with one attached hydrogen (secondary N) is 1. The minimum absolute atomic E-state index is 0.0603. The van der Waals surface area contributed by atoms with Crippen molar-refractivity contribution in [2.75, 3.05) is 13.2 Å². The molecule has 1 aliphatic heterocycles. The highest BCUT2D eigenvalue weighted by molar-refractivity contribution is 7.44. The Hall–Kier alpha value is -1.38. The van der Waals surface area contributed by atoms with E-state index in [0.29, 0.717) is 5.56 Å². The highest BCUT2D eigenvalue weighted by Crippen LogP contribution is 2.53. The van der Waals surface area contributed by atoms with Gasteiger partial charge in [-0.2, -0.15) is 5.26 Å². The maximum atomic E-state index is 12.7. The normalized spacial score (nSPS) is 23.7. The molecule has 2 N–H and O–H groups in total. The number of aliphatic hydroxyl groups is 1. The van der Waals surface area contributed by atoms with Crippen molar-refractivity contribution in [3.63, 3.8) is 0 Å². The summed E-state index contributed by atoms with van der Waals surface area (Å²) in [5.41, 5.74) is -0.633. The number of hydrogen-bond donors (Lipinski definition) is 2. The van der Waals surface area contributed by atoms with Gasteiger partial charge in [0.1, 0.15) is 12.3 Å². The second-order valence-corrected chi connectivity index (χ2v) is 19.0. The molecule has 0 aliphatic carbocycles. The van der Waals surface area contributed by atoms with Crippen LogP contribution in [-0.2, 0) is 13.8 Å². The highest BCUT2D eigenvalue weighted by atomic mass is 31.2. The van der Waals surface area contributed by atoms with Crippen LogP contribution in [0.4, 0.5) is 0 Å². The Morgan fingerprint density at radius 2 is 1.89 bits per heavy atom. The molecule has 0 aromatic carbocycles. The minimum atomic E-state index is -2.48. The first-order chi connectivity index (χ1) is 17.0. The van der Waals surface area contributed by atoms with E-state index in [4.69, 9.17) is 19.0 Å². The summed E-state index contributed by atoms with van der Waals surface area (Å²) < 4.78 is 22.3. The van der Waals surface area contributed by atoms with Gasteiger partial charge in [0.25, 0.3) is 14.1 Å². The molecule has 1 aliphatic rings. The third-order valence-electron chi connectivity index (χ3n) is 7.75. The number of nitriles is 1. The van der Waals surface area contributed by atoms with Crippen LogP contribution in [0.2, 0.25) is 18.1 Å². The van der Waals surface area contributed by atoms with Crippen LogP contribution in [0.25, 0.3) is 0 Å². The van der Waals surface area contributed by atoms with Crippen molar-refractivity contribution >= 4 is 16.6 Å². The van der Waals surface area contributed by atoms with Gasteiger partial charge in [-0.3, -0.25) is 14.3 Å². The molecule has 4 atom stereocenters. The quantitative estimate of drug-likeness (QED) is 0.236. The lowest BCUT2D eigenvalue weighted by molar-refractivity contribution is -0.0569. The van der Waals surface area contributed by atoms with Crippen molar-refractivity contribution in [2.24, 2.45) is 0 Å². The SMILES string of the molecule is Cc1cn([C@H]2C[C@@](O)([Si](C)(C)C(C)(C)C)[C@@H](COP(OCCC#N)N(C(C)C)C(C)C)O2)c(=O)[nH]c1=O. The average Bonchev–Trinajstić information content (AvgIpc) is 3.11. The Kier molecular flexibility index (Phi) is 10.5. The monoisotopic (exact) mass is 556 g/mol. The molecule has 1 aromatic heterocycles. The standard InChI is InChI=1S/C25H45N4O6PSi/c1-17(2)29(18(3)4)36(33-13-11-12-26)34-16-20-25(32,37(9,10)24(6,7)8)14-21(35-20)28-15-19(5)22(30)27-23(28)31/h15,17-18,20-21,32H,11,13-14,16H2,1-10H3,(H,27,30,31)/t20-,21-,25-,36?/m1/s1. The van der Waals surface area contributed by atoms with Crippen LogP contribution >= 0.6 is 8.53 Å². The smallest absolute Gasteiger partial charge is 0.330 e. The molecule has 10 nitrogen and oxygen atoms in total. The lowest BCUT2D eigenvalue weighted by Crippen LogP contribution is -2.64. The number of H-pyrrole nitrogens is 1. The Balaban J connectivity index is 2.46. The lowest BCUT2D eigenvalue weighted by atomic mass is 10.1. The summed E-state index contributed by atoms with van der Waals surface area (Å²) in [7, 11) is -4.01. The van der Waals surface area contributed by atoms with Gasteiger partial charge >= 0.3 is 5.69 Å². The van der Waals surface area contributed by atoms with Crippen LogP contribution in [0, 0.1) is 18.3 Å². The molecule has 1 saturated heterocycles. The molecule has 0 spiro atoms. The number of aryl methyl sites for hydroxylation is 1. The average molecular weight is 557 g/mol. The van der Waals surface area contributed by atoms with Crippen molar-refractivity contribution < 1.29 is 18.9 Å². The molecule has 0 saturated carbocycles. The van der Waals surface area contributed by atoms with Gasteiger partial charge < -0.3 is 18.9 Å². The van der Waals surface area contributed by atoms with Gasteiger partial charge in [0, 0.05) is 30.3 Å². The molecule has 37 heavy (non-hydrogen) atoms. The van der Waals surface area contributed by atoms with Gasteiger partial charge in [-0.25, -0.2) is 9.46 Å². The summed E-state index contributed by atoms with van der Waals surface area (Å²) in [5.74, 6) is 0. The molecule has 0 amide bonds. The minimum Gasteiger partial charge on any atom is -0.390 e. The molecular formula is C25H45N4O6PSi. The lowest BCUT2D eigenvalue weighted by Gasteiger charge is -2.49. The van der Waals surface area contributed by atoms with E-state index in [-0.39, 0.29) is 43.2 Å². The zero-order valence-electron chi connectivity index (χ0n) is 24.0. The van der Waals surface area contributed by atoms with Crippen LogP contribution < -0.4 is 11.2 Å². The number of hydrogen-bond acceptors (Lipinski definition) is 8. The number of aromatic nitrogens is 2. The van der Waals surface area contributed by atoms with E-state index < -0.39 is 45.4 Å². The second-order valence-electron chi connectivity index (χ2n) is 11.9. The first kappa shape index (κ1) is 31.8. The fourth-order valence-electron chi connectivity index (χ4n) is 4.64. The topological polar surface area (TPSA) is 130 Å². The Morgan fingerprint density at radius 3 is 2.41 bits per heavy atom. The van der Waals surface area contributed by atoms with Crippen LogP contribution in [0.3, 0.4) is 0 Å². The van der Waals surface area contributed by atoms with Crippen LogP contribution in [0.15, 0.2) is 15.8 Å². The molecular weight excluding hydrogens is 511 g/mol. The van der Waals surface area contributed by atoms with Crippen LogP contribution in [-0.4, -0.2) is 64.0 Å². The van der Waals surface area contributed by atoms with E-state index in [1.54, 1.807) is 6.92 Å². The van der Waals surface area contributed by atoms with Crippen LogP contribution in [0.1, 0.15) is 73.1 Å². The van der Waals surface area contributed by atoms with E-state index in [1.807, 2.05) is 0 Å². The summed E-state index contributed by atoms with van der Waals surface area (Å²) in [4.78, 5) is 26.9. The number of ether oxygens (including phenoxy) is 1. The fourth-order valence-corrected chi connectivity index (χ4v) is 9.19. The van der Waals surface area contributed by atoms with Crippen molar-refractivity contribution in [3.8, 4) is 6.07 Å². The van der Waals surface area contributed by atoms with Crippen molar-refractivity contribution in [2.45, 2.75) is 116 Å². The van der Waals surface area contributed by atoms with Gasteiger partial charge in [-0.1, -0.05) is 33.9 Å². The molecule has 2 heterocycles. The first-order valence-corrected chi connectivity index (χ1v) is 17.0. The van der Waals surface area contributed by atoms with E-state index in [2.05, 4.69) is 77.3 Å². The van der Waals surface area contributed by atoms with Crippen LogP contribution in [0.5, 0.6) is 0 Å². The summed E-state index contributed by atoms with van der Waals surface area (Å²) in [6.45, 7) is 20.8. The van der Waals surface area contributed by atoms with Gasteiger partial charge in [-0.05, 0) is 39.7 Å². The van der Waals surface area contributed by atoms with Gasteiger partial charge in [0.15, 0.2) is 0 Å². The summed E-state index contributed by atoms with van der Waals surface area (Å²) >= 11 is 0.